The Morgan fingerprint density at radius 3 is 2.50 bits per heavy atom. The first-order valence-corrected chi connectivity index (χ1v) is 9.61. The molecule has 0 saturated heterocycles. The van der Waals surface area contributed by atoms with Crippen molar-refractivity contribution in [3.8, 4) is 0 Å². The third-order valence-electron chi connectivity index (χ3n) is 4.43. The van der Waals surface area contributed by atoms with Crippen LogP contribution in [0.2, 0.25) is 10.0 Å². The summed E-state index contributed by atoms with van der Waals surface area (Å²) in [6.45, 7) is 5.68. The minimum Gasteiger partial charge on any atom is -0.465 e. The van der Waals surface area contributed by atoms with E-state index in [0.29, 0.717) is 22.0 Å². The zero-order valence-corrected chi connectivity index (χ0v) is 17.8. The lowest BCUT2D eigenvalue weighted by Crippen LogP contribution is -2.37. The van der Waals surface area contributed by atoms with Gasteiger partial charge in [-0.15, -0.1) is 0 Å². The average Bonchev–Trinajstić information content (AvgIpc) is 2.63. The Bertz CT molecular complexity index is 819. The highest BCUT2D eigenvalue weighted by Crippen LogP contribution is 2.44. The van der Waals surface area contributed by atoms with Crippen molar-refractivity contribution in [1.82, 2.24) is 0 Å². The number of hydrogen-bond donors (Lipinski definition) is 0. The lowest BCUT2D eigenvalue weighted by atomic mass is 9.75. The summed E-state index contributed by atoms with van der Waals surface area (Å²) in [5, 5.41) is 0.597. The quantitative estimate of drug-likeness (QED) is 0.481. The van der Waals surface area contributed by atoms with Crippen molar-refractivity contribution < 1.29 is 23.8 Å². The summed E-state index contributed by atoms with van der Waals surface area (Å²) in [5.74, 6) is -2.61. The van der Waals surface area contributed by atoms with E-state index in [1.54, 1.807) is 39.0 Å². The lowest BCUT2D eigenvalue weighted by molar-refractivity contribution is -0.146. The van der Waals surface area contributed by atoms with E-state index < -0.39 is 23.8 Å². The molecule has 8 heteroatoms. The summed E-state index contributed by atoms with van der Waals surface area (Å²) >= 11 is 12.6. The van der Waals surface area contributed by atoms with Gasteiger partial charge in [-0.2, -0.15) is 0 Å². The fraction of sp³-hybridized carbons (Fsp3) is 0.450. The summed E-state index contributed by atoms with van der Waals surface area (Å²) in [6.07, 6.45) is 0. The fourth-order valence-corrected chi connectivity index (χ4v) is 3.66. The second kappa shape index (κ2) is 10.0. The smallest absolute Gasteiger partial charge is 0.336 e. The molecule has 0 N–H and O–H groups in total. The Morgan fingerprint density at radius 2 is 1.86 bits per heavy atom. The van der Waals surface area contributed by atoms with Crippen LogP contribution >= 0.6 is 23.2 Å². The molecule has 152 valence electrons. The summed E-state index contributed by atoms with van der Waals surface area (Å²) in [7, 11) is 1.51. The van der Waals surface area contributed by atoms with Crippen molar-refractivity contribution >= 4 is 40.9 Å². The van der Waals surface area contributed by atoms with Gasteiger partial charge in [0.1, 0.15) is 12.5 Å². The van der Waals surface area contributed by atoms with Gasteiger partial charge < -0.3 is 14.2 Å². The van der Waals surface area contributed by atoms with Crippen molar-refractivity contribution in [2.75, 3.05) is 26.9 Å². The van der Waals surface area contributed by atoms with Crippen LogP contribution in [0.1, 0.15) is 32.3 Å². The van der Waals surface area contributed by atoms with Crippen LogP contribution in [-0.2, 0) is 23.8 Å². The number of allylic oxidation sites excluding steroid dienone is 1. The number of halogens is 2. The lowest BCUT2D eigenvalue weighted by Gasteiger charge is -2.32. The van der Waals surface area contributed by atoms with Gasteiger partial charge in [0.25, 0.3) is 0 Å². The van der Waals surface area contributed by atoms with Crippen molar-refractivity contribution in [2.24, 2.45) is 10.9 Å². The van der Waals surface area contributed by atoms with E-state index in [0.717, 1.165) is 0 Å². The van der Waals surface area contributed by atoms with Gasteiger partial charge in [0.05, 0.1) is 28.8 Å². The Hall–Kier alpha value is -1.89. The van der Waals surface area contributed by atoms with Crippen molar-refractivity contribution in [3.63, 3.8) is 0 Å². The molecule has 0 aliphatic carbocycles. The zero-order chi connectivity index (χ0) is 20.8. The van der Waals surface area contributed by atoms with Crippen LogP contribution in [0.25, 0.3) is 0 Å². The van der Waals surface area contributed by atoms with E-state index in [1.807, 2.05) is 0 Å². The summed E-state index contributed by atoms with van der Waals surface area (Å²) in [4.78, 5) is 30.0. The van der Waals surface area contributed by atoms with Gasteiger partial charge in [0.15, 0.2) is 0 Å². The maximum absolute atomic E-state index is 12.9. The Kier molecular flexibility index (Phi) is 8.04. The van der Waals surface area contributed by atoms with E-state index in [1.165, 1.54) is 7.11 Å². The highest BCUT2D eigenvalue weighted by molar-refractivity contribution is 6.42. The van der Waals surface area contributed by atoms with Gasteiger partial charge in [-0.3, -0.25) is 9.79 Å². The molecule has 0 amide bonds. The van der Waals surface area contributed by atoms with Gasteiger partial charge >= 0.3 is 11.9 Å². The fourth-order valence-electron chi connectivity index (χ4n) is 3.23. The van der Waals surface area contributed by atoms with E-state index >= 15 is 0 Å². The van der Waals surface area contributed by atoms with E-state index in [-0.39, 0.29) is 30.4 Å². The van der Waals surface area contributed by atoms with Crippen LogP contribution in [0.4, 0.5) is 0 Å². The van der Waals surface area contributed by atoms with Crippen molar-refractivity contribution in [2.45, 2.75) is 26.7 Å². The molecule has 2 unspecified atom stereocenters. The topological polar surface area (TPSA) is 74.2 Å². The minimum absolute atomic E-state index is 0.0783. The molecule has 1 aromatic rings. The predicted molar refractivity (Wildman–Crippen MR) is 108 cm³/mol. The summed E-state index contributed by atoms with van der Waals surface area (Å²) in [5.41, 5.74) is 1.79. The third kappa shape index (κ3) is 4.74. The number of rotatable bonds is 7. The van der Waals surface area contributed by atoms with Gasteiger partial charge in [0.2, 0.25) is 0 Å². The first-order valence-electron chi connectivity index (χ1n) is 8.86. The van der Waals surface area contributed by atoms with Crippen LogP contribution in [0, 0.1) is 5.92 Å². The molecular formula is C20H23Cl2NO5. The van der Waals surface area contributed by atoms with Crippen LogP contribution < -0.4 is 0 Å². The van der Waals surface area contributed by atoms with Crippen molar-refractivity contribution in [1.29, 1.82) is 0 Å². The number of benzene rings is 1. The largest absolute Gasteiger partial charge is 0.465 e. The Balaban J connectivity index is 2.60. The molecule has 6 nitrogen and oxygen atoms in total. The number of ether oxygens (including phenoxy) is 3. The molecule has 0 bridgehead atoms. The van der Waals surface area contributed by atoms with Gasteiger partial charge in [-0.1, -0.05) is 35.3 Å². The van der Waals surface area contributed by atoms with Gasteiger partial charge in [-0.25, -0.2) is 4.79 Å². The van der Waals surface area contributed by atoms with Crippen LogP contribution in [-0.4, -0.2) is 44.6 Å². The predicted octanol–water partition coefficient (Wildman–Crippen LogP) is 4.19. The molecule has 0 radical (unpaired) electrons. The van der Waals surface area contributed by atoms with E-state index in [9.17, 15) is 9.59 Å². The molecule has 1 aliphatic rings. The van der Waals surface area contributed by atoms with Crippen LogP contribution in [0.5, 0.6) is 0 Å². The molecule has 2 atom stereocenters. The number of methoxy groups -OCH3 is 1. The van der Waals surface area contributed by atoms with E-state index in [2.05, 4.69) is 4.99 Å². The number of nitrogens with zero attached hydrogens (tertiary/aromatic N) is 1. The number of carbonyl (C=O) groups is 2. The first-order chi connectivity index (χ1) is 13.3. The number of carbonyl (C=O) groups excluding carboxylic acids is 2. The molecule has 0 saturated carbocycles. The molecule has 1 heterocycles. The average molecular weight is 428 g/mol. The minimum atomic E-state index is -0.815. The second-order valence-corrected chi connectivity index (χ2v) is 7.02. The highest BCUT2D eigenvalue weighted by Gasteiger charge is 2.43. The van der Waals surface area contributed by atoms with Gasteiger partial charge in [0, 0.05) is 24.4 Å². The highest BCUT2D eigenvalue weighted by atomic mass is 35.5. The standard InChI is InChI=1S/C20H23Cl2NO5/c1-5-27-19(24)15-11(2)23-12(3)16(20(25)28-10-9-26-4)17(15)13-7-6-8-14(21)18(13)22/h6-8,15,17H,5,9-10H2,1-4H3. The Labute approximate surface area is 174 Å². The SMILES string of the molecule is CCOC(=O)C1C(C)=NC(C)=C(C(=O)OCCOC)C1c1cccc(Cl)c1Cl. The zero-order valence-electron chi connectivity index (χ0n) is 16.3. The maximum Gasteiger partial charge on any atom is 0.336 e. The normalized spacial score (nSPS) is 19.3. The molecule has 2 rings (SSSR count). The summed E-state index contributed by atoms with van der Waals surface area (Å²) < 4.78 is 15.5. The molecular weight excluding hydrogens is 405 g/mol. The number of aliphatic imine (C=N–C) groups is 1. The molecule has 0 aromatic heterocycles. The maximum atomic E-state index is 12.9. The Morgan fingerprint density at radius 1 is 1.14 bits per heavy atom. The van der Waals surface area contributed by atoms with Crippen LogP contribution in [0.15, 0.2) is 34.5 Å². The molecule has 28 heavy (non-hydrogen) atoms. The number of hydrogen-bond acceptors (Lipinski definition) is 6. The van der Waals surface area contributed by atoms with Crippen LogP contribution in [0.3, 0.4) is 0 Å². The molecule has 0 spiro atoms. The molecule has 1 aliphatic heterocycles. The monoisotopic (exact) mass is 427 g/mol. The summed E-state index contributed by atoms with van der Waals surface area (Å²) in [6, 6.07) is 5.10. The number of esters is 2. The van der Waals surface area contributed by atoms with Gasteiger partial charge in [-0.05, 0) is 32.4 Å². The van der Waals surface area contributed by atoms with Crippen molar-refractivity contribution in [3.05, 3.63) is 45.1 Å². The molecule has 0 fully saturated rings. The third-order valence-corrected chi connectivity index (χ3v) is 5.26. The first kappa shape index (κ1) is 22.4. The molecule has 1 aromatic carbocycles. The second-order valence-electron chi connectivity index (χ2n) is 6.23. The van der Waals surface area contributed by atoms with E-state index in [4.69, 9.17) is 37.4 Å².